The lowest BCUT2D eigenvalue weighted by Gasteiger charge is -2.10. The van der Waals surface area contributed by atoms with Gasteiger partial charge in [-0.1, -0.05) is 12.1 Å². The van der Waals surface area contributed by atoms with Crippen LogP contribution in [0.5, 0.6) is 0 Å². The van der Waals surface area contributed by atoms with Crippen molar-refractivity contribution in [3.63, 3.8) is 0 Å². The fourth-order valence-corrected chi connectivity index (χ4v) is 2.68. The predicted octanol–water partition coefficient (Wildman–Crippen LogP) is 4.29. The van der Waals surface area contributed by atoms with E-state index in [2.05, 4.69) is 10.4 Å². The minimum atomic E-state index is -4.43. The second-order valence-electron chi connectivity index (χ2n) is 6.28. The van der Waals surface area contributed by atoms with Crippen molar-refractivity contribution in [3.8, 4) is 5.69 Å². The Bertz CT molecular complexity index is 1040. The SMILES string of the molecule is Cc1cc(NC(=O)Cc2ccc(C(F)(F)F)cc2)n(-c2ccc([N+](=O)[O-])cc2)n1. The highest BCUT2D eigenvalue weighted by Gasteiger charge is 2.30. The van der Waals surface area contributed by atoms with Crippen LogP contribution < -0.4 is 5.32 Å². The van der Waals surface area contributed by atoms with Crippen LogP contribution in [0.4, 0.5) is 24.7 Å². The van der Waals surface area contributed by atoms with Crippen LogP contribution in [0.15, 0.2) is 54.6 Å². The van der Waals surface area contributed by atoms with Gasteiger partial charge in [-0.05, 0) is 36.8 Å². The summed E-state index contributed by atoms with van der Waals surface area (Å²) in [6, 6.07) is 11.6. The molecular formula is C19H15F3N4O3. The average Bonchev–Trinajstić information content (AvgIpc) is 3.01. The van der Waals surface area contributed by atoms with Crippen molar-refractivity contribution in [2.24, 2.45) is 0 Å². The lowest BCUT2D eigenvalue weighted by Crippen LogP contribution is -2.17. The monoisotopic (exact) mass is 404 g/mol. The van der Waals surface area contributed by atoms with Crippen molar-refractivity contribution < 1.29 is 22.9 Å². The number of nitro groups is 1. The molecule has 2 aromatic carbocycles. The largest absolute Gasteiger partial charge is 0.416 e. The number of non-ortho nitro benzene ring substituents is 1. The summed E-state index contributed by atoms with van der Waals surface area (Å²) in [6.07, 6.45) is -4.56. The van der Waals surface area contributed by atoms with Crippen LogP contribution >= 0.6 is 0 Å². The van der Waals surface area contributed by atoms with E-state index in [4.69, 9.17) is 0 Å². The number of hydrogen-bond acceptors (Lipinski definition) is 4. The van der Waals surface area contributed by atoms with Gasteiger partial charge in [-0.25, -0.2) is 4.68 Å². The van der Waals surface area contributed by atoms with E-state index in [9.17, 15) is 28.1 Å². The van der Waals surface area contributed by atoms with E-state index in [-0.39, 0.29) is 12.1 Å². The Labute approximate surface area is 162 Å². The fraction of sp³-hybridized carbons (Fsp3) is 0.158. The Morgan fingerprint density at radius 1 is 1.14 bits per heavy atom. The zero-order valence-corrected chi connectivity index (χ0v) is 15.1. The van der Waals surface area contributed by atoms with E-state index >= 15 is 0 Å². The van der Waals surface area contributed by atoms with E-state index in [0.717, 1.165) is 12.1 Å². The molecule has 0 unspecified atom stereocenters. The number of carbonyl (C=O) groups is 1. The molecule has 1 N–H and O–H groups in total. The molecule has 0 spiro atoms. The highest BCUT2D eigenvalue weighted by atomic mass is 19.4. The number of aromatic nitrogens is 2. The maximum Gasteiger partial charge on any atom is 0.416 e. The minimum Gasteiger partial charge on any atom is -0.310 e. The zero-order chi connectivity index (χ0) is 21.2. The van der Waals surface area contributed by atoms with Gasteiger partial charge in [0, 0.05) is 18.2 Å². The molecule has 0 aliphatic carbocycles. The summed E-state index contributed by atoms with van der Waals surface area (Å²) in [5, 5.41) is 17.7. The molecule has 0 bridgehead atoms. The molecule has 0 radical (unpaired) electrons. The average molecular weight is 404 g/mol. The molecule has 0 aliphatic heterocycles. The van der Waals surface area contributed by atoms with Gasteiger partial charge < -0.3 is 5.32 Å². The lowest BCUT2D eigenvalue weighted by atomic mass is 10.1. The van der Waals surface area contributed by atoms with Crippen LogP contribution in [0.1, 0.15) is 16.8 Å². The Balaban J connectivity index is 1.75. The summed E-state index contributed by atoms with van der Waals surface area (Å²) in [4.78, 5) is 22.6. The molecule has 3 rings (SSSR count). The summed E-state index contributed by atoms with van der Waals surface area (Å²) in [6.45, 7) is 1.72. The predicted molar refractivity (Wildman–Crippen MR) is 98.7 cm³/mol. The first-order chi connectivity index (χ1) is 13.6. The molecule has 0 atom stereocenters. The van der Waals surface area contributed by atoms with Crippen molar-refractivity contribution in [3.05, 3.63) is 81.5 Å². The van der Waals surface area contributed by atoms with Crippen LogP contribution in [0, 0.1) is 17.0 Å². The second-order valence-corrected chi connectivity index (χ2v) is 6.28. The summed E-state index contributed by atoms with van der Waals surface area (Å²) >= 11 is 0. The number of carbonyl (C=O) groups excluding carboxylic acids is 1. The summed E-state index contributed by atoms with van der Waals surface area (Å²) < 4.78 is 39.3. The van der Waals surface area contributed by atoms with Crippen molar-refractivity contribution in [1.29, 1.82) is 0 Å². The molecule has 7 nitrogen and oxygen atoms in total. The number of hydrogen-bond donors (Lipinski definition) is 1. The summed E-state index contributed by atoms with van der Waals surface area (Å²) in [7, 11) is 0. The Morgan fingerprint density at radius 3 is 2.31 bits per heavy atom. The smallest absolute Gasteiger partial charge is 0.310 e. The third-order valence-electron chi connectivity index (χ3n) is 4.05. The number of nitrogens with zero attached hydrogens (tertiary/aromatic N) is 3. The van der Waals surface area contributed by atoms with E-state index in [1.54, 1.807) is 13.0 Å². The highest BCUT2D eigenvalue weighted by Crippen LogP contribution is 2.29. The number of alkyl halides is 3. The fourth-order valence-electron chi connectivity index (χ4n) is 2.68. The van der Waals surface area contributed by atoms with Gasteiger partial charge in [-0.3, -0.25) is 14.9 Å². The maximum absolute atomic E-state index is 12.6. The normalized spacial score (nSPS) is 11.3. The van der Waals surface area contributed by atoms with Crippen LogP contribution in [0.2, 0.25) is 0 Å². The first kappa shape index (κ1) is 20.1. The molecule has 10 heteroatoms. The number of rotatable bonds is 5. The van der Waals surface area contributed by atoms with Crippen molar-refractivity contribution in [2.45, 2.75) is 19.5 Å². The third kappa shape index (κ3) is 4.78. The number of anilines is 1. The highest BCUT2D eigenvalue weighted by molar-refractivity contribution is 5.91. The van der Waals surface area contributed by atoms with Crippen molar-refractivity contribution >= 4 is 17.4 Å². The van der Waals surface area contributed by atoms with Gasteiger partial charge in [0.25, 0.3) is 5.69 Å². The van der Waals surface area contributed by atoms with E-state index < -0.39 is 22.6 Å². The van der Waals surface area contributed by atoms with Crippen LogP contribution in [0.3, 0.4) is 0 Å². The van der Waals surface area contributed by atoms with Gasteiger partial charge in [0.15, 0.2) is 0 Å². The minimum absolute atomic E-state index is 0.0782. The molecule has 3 aromatic rings. The molecule has 1 aromatic heterocycles. The standard InChI is InChI=1S/C19H15F3N4O3/c1-12-10-17(25(24-12)15-6-8-16(9-7-15)26(28)29)23-18(27)11-13-2-4-14(5-3-13)19(20,21)22/h2-10H,11H2,1H3,(H,23,27). The molecular weight excluding hydrogens is 389 g/mol. The van der Waals surface area contributed by atoms with Gasteiger partial charge in [0.2, 0.25) is 5.91 Å². The van der Waals surface area contributed by atoms with Gasteiger partial charge in [0.1, 0.15) is 5.82 Å². The number of aryl methyl sites for hydroxylation is 1. The van der Waals surface area contributed by atoms with Gasteiger partial charge in [-0.2, -0.15) is 18.3 Å². The molecule has 0 saturated carbocycles. The molecule has 1 heterocycles. The van der Waals surface area contributed by atoms with Gasteiger partial charge in [-0.15, -0.1) is 0 Å². The topological polar surface area (TPSA) is 90.1 Å². The first-order valence-corrected chi connectivity index (χ1v) is 8.41. The summed E-state index contributed by atoms with van der Waals surface area (Å²) in [5.41, 5.74) is 0.675. The molecule has 0 fully saturated rings. The molecule has 0 saturated heterocycles. The van der Waals surface area contributed by atoms with Gasteiger partial charge >= 0.3 is 6.18 Å². The Kier molecular flexibility index (Phi) is 5.35. The quantitative estimate of drug-likeness (QED) is 0.507. The van der Waals surface area contributed by atoms with Crippen LogP contribution in [-0.4, -0.2) is 20.6 Å². The maximum atomic E-state index is 12.6. The zero-order valence-electron chi connectivity index (χ0n) is 15.1. The Hall–Kier alpha value is -3.69. The number of nitro benzene ring substituents is 1. The number of nitrogens with one attached hydrogen (secondary N) is 1. The van der Waals surface area contributed by atoms with Crippen molar-refractivity contribution in [2.75, 3.05) is 5.32 Å². The first-order valence-electron chi connectivity index (χ1n) is 8.41. The lowest BCUT2D eigenvalue weighted by molar-refractivity contribution is -0.384. The van der Waals surface area contributed by atoms with E-state index in [0.29, 0.717) is 22.8 Å². The Morgan fingerprint density at radius 2 is 1.76 bits per heavy atom. The molecule has 29 heavy (non-hydrogen) atoms. The molecule has 1 amide bonds. The number of benzene rings is 2. The second kappa shape index (κ2) is 7.74. The van der Waals surface area contributed by atoms with Crippen molar-refractivity contribution in [1.82, 2.24) is 9.78 Å². The van der Waals surface area contributed by atoms with E-state index in [1.807, 2.05) is 0 Å². The molecule has 0 aliphatic rings. The molecule has 150 valence electrons. The summed E-state index contributed by atoms with van der Waals surface area (Å²) in [5.74, 6) is -0.0962. The third-order valence-corrected chi connectivity index (χ3v) is 4.05. The van der Waals surface area contributed by atoms with E-state index in [1.165, 1.54) is 41.1 Å². The number of halogens is 3. The number of amides is 1. The van der Waals surface area contributed by atoms with Crippen LogP contribution in [-0.2, 0) is 17.4 Å². The van der Waals surface area contributed by atoms with Gasteiger partial charge in [0.05, 0.1) is 28.3 Å². The van der Waals surface area contributed by atoms with Crippen LogP contribution in [0.25, 0.3) is 5.69 Å².